The van der Waals surface area contributed by atoms with Gasteiger partial charge in [0.1, 0.15) is 0 Å². The molecule has 1 aromatic carbocycles. The lowest BCUT2D eigenvalue weighted by Crippen LogP contribution is -2.47. The van der Waals surface area contributed by atoms with Crippen molar-refractivity contribution in [2.24, 2.45) is 10.9 Å². The van der Waals surface area contributed by atoms with E-state index in [1.54, 1.807) is 0 Å². The van der Waals surface area contributed by atoms with Crippen LogP contribution in [-0.4, -0.2) is 81.4 Å². The first-order chi connectivity index (χ1) is 12.2. The van der Waals surface area contributed by atoms with E-state index in [4.69, 9.17) is 0 Å². The van der Waals surface area contributed by atoms with Gasteiger partial charge in [-0.3, -0.25) is 4.99 Å². The lowest BCUT2D eigenvalue weighted by atomic mass is 10.1. The highest BCUT2D eigenvalue weighted by Crippen LogP contribution is 2.15. The SMILES string of the molecule is CN=C(NCCSc1ccccc1)NCC(C)CN1CCN(C)CC1. The highest BCUT2D eigenvalue weighted by molar-refractivity contribution is 7.99. The van der Waals surface area contributed by atoms with Gasteiger partial charge in [0.05, 0.1) is 0 Å². The highest BCUT2D eigenvalue weighted by atomic mass is 32.2. The number of piperazine rings is 1. The summed E-state index contributed by atoms with van der Waals surface area (Å²) in [7, 11) is 4.04. The highest BCUT2D eigenvalue weighted by Gasteiger charge is 2.16. The smallest absolute Gasteiger partial charge is 0.191 e. The second-order valence-corrected chi connectivity index (χ2v) is 7.92. The summed E-state index contributed by atoms with van der Waals surface area (Å²) in [4.78, 5) is 10.6. The van der Waals surface area contributed by atoms with Crippen molar-refractivity contribution in [1.82, 2.24) is 20.4 Å². The molecule has 1 aliphatic heterocycles. The minimum Gasteiger partial charge on any atom is -0.356 e. The van der Waals surface area contributed by atoms with Crippen LogP contribution in [0.2, 0.25) is 0 Å². The van der Waals surface area contributed by atoms with Crippen LogP contribution in [0.4, 0.5) is 0 Å². The maximum atomic E-state index is 4.33. The molecule has 1 fully saturated rings. The van der Waals surface area contributed by atoms with Crippen LogP contribution in [0.25, 0.3) is 0 Å². The van der Waals surface area contributed by atoms with Crippen LogP contribution >= 0.6 is 11.8 Å². The van der Waals surface area contributed by atoms with Crippen molar-refractivity contribution in [3.05, 3.63) is 30.3 Å². The molecule has 6 heteroatoms. The fraction of sp³-hybridized carbons (Fsp3) is 0.632. The molecule has 1 atom stereocenters. The number of nitrogens with one attached hydrogen (secondary N) is 2. The van der Waals surface area contributed by atoms with Gasteiger partial charge < -0.3 is 20.4 Å². The number of thioether (sulfide) groups is 1. The normalized spacial score (nSPS) is 18.1. The third-order valence-corrected chi connectivity index (χ3v) is 5.43. The van der Waals surface area contributed by atoms with E-state index in [1.165, 1.54) is 31.1 Å². The number of nitrogens with zero attached hydrogens (tertiary/aromatic N) is 3. The van der Waals surface area contributed by atoms with Gasteiger partial charge in [0, 0.05) is 63.5 Å². The van der Waals surface area contributed by atoms with E-state index < -0.39 is 0 Å². The maximum Gasteiger partial charge on any atom is 0.191 e. The van der Waals surface area contributed by atoms with Crippen LogP contribution in [0.15, 0.2) is 40.2 Å². The van der Waals surface area contributed by atoms with Crippen molar-refractivity contribution in [2.75, 3.05) is 65.7 Å². The van der Waals surface area contributed by atoms with E-state index >= 15 is 0 Å². The Morgan fingerprint density at radius 3 is 2.56 bits per heavy atom. The van der Waals surface area contributed by atoms with Crippen molar-refractivity contribution >= 4 is 17.7 Å². The molecular formula is C19H33N5S. The molecule has 1 heterocycles. The molecule has 1 unspecified atom stereocenters. The van der Waals surface area contributed by atoms with Gasteiger partial charge in [0.25, 0.3) is 0 Å². The Labute approximate surface area is 157 Å². The Morgan fingerprint density at radius 1 is 1.16 bits per heavy atom. The lowest BCUT2D eigenvalue weighted by Gasteiger charge is -2.34. The molecule has 0 saturated carbocycles. The summed E-state index contributed by atoms with van der Waals surface area (Å²) in [5.74, 6) is 2.54. The van der Waals surface area contributed by atoms with E-state index in [9.17, 15) is 0 Å². The van der Waals surface area contributed by atoms with Crippen molar-refractivity contribution in [3.8, 4) is 0 Å². The Kier molecular flexibility index (Phi) is 9.15. The summed E-state index contributed by atoms with van der Waals surface area (Å²) in [6.07, 6.45) is 0. The molecule has 0 bridgehead atoms. The summed E-state index contributed by atoms with van der Waals surface area (Å²) in [6, 6.07) is 10.5. The Morgan fingerprint density at radius 2 is 1.88 bits per heavy atom. The molecule has 1 aliphatic rings. The van der Waals surface area contributed by atoms with E-state index in [1.807, 2.05) is 18.8 Å². The van der Waals surface area contributed by atoms with Crippen molar-refractivity contribution < 1.29 is 0 Å². The maximum absolute atomic E-state index is 4.33. The van der Waals surface area contributed by atoms with Gasteiger partial charge in [-0.2, -0.15) is 0 Å². The molecule has 0 radical (unpaired) electrons. The summed E-state index contributed by atoms with van der Waals surface area (Å²) < 4.78 is 0. The minimum atomic E-state index is 0.612. The van der Waals surface area contributed by atoms with Crippen LogP contribution in [0, 0.1) is 5.92 Å². The number of rotatable bonds is 8. The Bertz CT molecular complexity index is 500. The fourth-order valence-corrected chi connectivity index (χ4v) is 3.67. The number of benzene rings is 1. The molecule has 1 saturated heterocycles. The second kappa shape index (κ2) is 11.4. The van der Waals surface area contributed by atoms with Crippen molar-refractivity contribution in [2.45, 2.75) is 11.8 Å². The average molecular weight is 364 g/mol. The summed E-state index contributed by atoms with van der Waals surface area (Å²) in [5, 5.41) is 6.86. The Hall–Kier alpha value is -1.24. The van der Waals surface area contributed by atoms with Crippen molar-refractivity contribution in [3.63, 3.8) is 0 Å². The predicted octanol–water partition coefficient (Wildman–Crippen LogP) is 1.83. The molecular weight excluding hydrogens is 330 g/mol. The number of guanidine groups is 1. The van der Waals surface area contributed by atoms with Gasteiger partial charge in [-0.05, 0) is 25.1 Å². The van der Waals surface area contributed by atoms with E-state index in [2.05, 4.69) is 69.7 Å². The quantitative estimate of drug-likeness (QED) is 0.319. The molecule has 25 heavy (non-hydrogen) atoms. The summed E-state index contributed by atoms with van der Waals surface area (Å²) >= 11 is 1.86. The predicted molar refractivity (Wildman–Crippen MR) is 110 cm³/mol. The largest absolute Gasteiger partial charge is 0.356 e. The lowest BCUT2D eigenvalue weighted by molar-refractivity contribution is 0.139. The van der Waals surface area contributed by atoms with Crippen LogP contribution in [0.1, 0.15) is 6.92 Å². The van der Waals surface area contributed by atoms with E-state index in [0.717, 1.165) is 31.3 Å². The van der Waals surface area contributed by atoms with Crippen molar-refractivity contribution in [1.29, 1.82) is 0 Å². The summed E-state index contributed by atoms with van der Waals surface area (Å²) in [5.41, 5.74) is 0. The van der Waals surface area contributed by atoms with Crippen LogP contribution < -0.4 is 10.6 Å². The molecule has 0 aromatic heterocycles. The third kappa shape index (κ3) is 8.12. The van der Waals surface area contributed by atoms with Crippen LogP contribution in [-0.2, 0) is 0 Å². The monoisotopic (exact) mass is 363 g/mol. The molecule has 2 N–H and O–H groups in total. The van der Waals surface area contributed by atoms with Gasteiger partial charge in [0.2, 0.25) is 0 Å². The van der Waals surface area contributed by atoms with Crippen LogP contribution in [0.3, 0.4) is 0 Å². The molecule has 0 amide bonds. The zero-order chi connectivity index (χ0) is 17.9. The van der Waals surface area contributed by atoms with E-state index in [0.29, 0.717) is 5.92 Å². The van der Waals surface area contributed by atoms with Gasteiger partial charge in [-0.1, -0.05) is 25.1 Å². The zero-order valence-corrected chi connectivity index (χ0v) is 16.7. The number of hydrogen-bond acceptors (Lipinski definition) is 4. The zero-order valence-electron chi connectivity index (χ0n) is 15.9. The van der Waals surface area contributed by atoms with Gasteiger partial charge >= 0.3 is 0 Å². The van der Waals surface area contributed by atoms with E-state index in [-0.39, 0.29) is 0 Å². The number of likely N-dealkylation sites (N-methyl/N-ethyl adjacent to an activating group) is 1. The second-order valence-electron chi connectivity index (χ2n) is 6.75. The minimum absolute atomic E-state index is 0.612. The topological polar surface area (TPSA) is 42.9 Å². The van der Waals surface area contributed by atoms with Gasteiger partial charge in [-0.25, -0.2) is 0 Å². The molecule has 1 aromatic rings. The summed E-state index contributed by atoms with van der Waals surface area (Å²) in [6.45, 7) is 10.1. The first-order valence-electron chi connectivity index (χ1n) is 9.20. The number of aliphatic imine (C=N–C) groups is 1. The van der Waals surface area contributed by atoms with Gasteiger partial charge in [0.15, 0.2) is 5.96 Å². The molecule has 140 valence electrons. The molecule has 2 rings (SSSR count). The Balaban J connectivity index is 1.58. The first-order valence-corrected chi connectivity index (χ1v) is 10.2. The van der Waals surface area contributed by atoms with Gasteiger partial charge in [-0.15, -0.1) is 11.8 Å². The standard InChI is InChI=1S/C19H33N5S/c1-17(16-24-12-10-23(3)11-13-24)15-22-19(20-2)21-9-14-25-18-7-5-4-6-8-18/h4-8,17H,9-16H2,1-3H3,(H2,20,21,22). The first kappa shape index (κ1) is 20.1. The molecule has 0 spiro atoms. The average Bonchev–Trinajstić information content (AvgIpc) is 2.64. The molecule has 5 nitrogen and oxygen atoms in total. The van der Waals surface area contributed by atoms with Crippen LogP contribution in [0.5, 0.6) is 0 Å². The molecule has 0 aliphatic carbocycles. The number of hydrogen-bond donors (Lipinski definition) is 2. The third-order valence-electron chi connectivity index (χ3n) is 4.41. The fourth-order valence-electron chi connectivity index (χ4n) is 2.88.